The van der Waals surface area contributed by atoms with Crippen LogP contribution in [0.25, 0.3) is 0 Å². The summed E-state index contributed by atoms with van der Waals surface area (Å²) in [7, 11) is 2.82. The zero-order valence-corrected chi connectivity index (χ0v) is 13.1. The van der Waals surface area contributed by atoms with Crippen LogP contribution in [0.4, 0.5) is 0 Å². The normalized spacial score (nSPS) is 12.6. The highest BCUT2D eigenvalue weighted by molar-refractivity contribution is 5.80. The second-order valence-corrected chi connectivity index (χ2v) is 5.34. The zero-order valence-electron chi connectivity index (χ0n) is 13.1. The number of hydrogen-bond acceptors (Lipinski definition) is 6. The molecule has 0 aliphatic carbocycles. The van der Waals surface area contributed by atoms with Gasteiger partial charge in [0.25, 0.3) is 5.88 Å². The fraction of sp³-hybridized carbons (Fsp3) is 0.643. The number of carbonyl (C=O) groups is 2. The van der Waals surface area contributed by atoms with Crippen LogP contribution in [0.5, 0.6) is 5.88 Å². The van der Waals surface area contributed by atoms with Crippen LogP contribution in [0.15, 0.2) is 10.6 Å². The summed E-state index contributed by atoms with van der Waals surface area (Å²) in [5.41, 5.74) is -0.792. The maximum atomic E-state index is 11.9. The Balaban J connectivity index is 2.48. The van der Waals surface area contributed by atoms with E-state index in [1.165, 1.54) is 14.2 Å². The van der Waals surface area contributed by atoms with E-state index in [0.717, 1.165) is 0 Å². The summed E-state index contributed by atoms with van der Waals surface area (Å²) in [6, 6.07) is 1.29. The van der Waals surface area contributed by atoms with Gasteiger partial charge in [0, 0.05) is 24.9 Å². The van der Waals surface area contributed by atoms with Crippen molar-refractivity contribution in [3.8, 4) is 5.88 Å². The Morgan fingerprint density at radius 1 is 1.43 bits per heavy atom. The molecule has 1 aromatic heterocycles. The highest BCUT2D eigenvalue weighted by Gasteiger charge is 2.35. The molecular formula is C14H22N2O5. The SMILES string of the molecule is COC(=O)C(C)(C)[C@H](C)NC(=O)CCc1cc(OC)no1. The largest absolute Gasteiger partial charge is 0.479 e. The lowest BCUT2D eigenvalue weighted by atomic mass is 9.85. The van der Waals surface area contributed by atoms with E-state index in [1.807, 2.05) is 0 Å². The van der Waals surface area contributed by atoms with Crippen molar-refractivity contribution in [3.05, 3.63) is 11.8 Å². The van der Waals surface area contributed by atoms with Crippen molar-refractivity contribution < 1.29 is 23.6 Å². The maximum absolute atomic E-state index is 11.9. The van der Waals surface area contributed by atoms with Gasteiger partial charge in [0.1, 0.15) is 5.76 Å². The summed E-state index contributed by atoms with van der Waals surface area (Å²) in [5.74, 6) is 0.414. The summed E-state index contributed by atoms with van der Waals surface area (Å²) >= 11 is 0. The number of rotatable bonds is 7. The quantitative estimate of drug-likeness (QED) is 0.763. The van der Waals surface area contributed by atoms with Crippen LogP contribution in [0.2, 0.25) is 0 Å². The molecule has 0 bridgehead atoms. The summed E-state index contributed by atoms with van der Waals surface area (Å²) in [4.78, 5) is 23.6. The molecule has 1 heterocycles. The van der Waals surface area contributed by atoms with Crippen molar-refractivity contribution in [1.82, 2.24) is 10.5 Å². The van der Waals surface area contributed by atoms with E-state index >= 15 is 0 Å². The zero-order chi connectivity index (χ0) is 16.0. The van der Waals surface area contributed by atoms with Crippen LogP contribution in [0, 0.1) is 5.41 Å². The Kier molecular flexibility index (Phi) is 5.75. The van der Waals surface area contributed by atoms with Crippen molar-refractivity contribution >= 4 is 11.9 Å². The van der Waals surface area contributed by atoms with Gasteiger partial charge in [0.15, 0.2) is 0 Å². The molecule has 0 saturated heterocycles. The molecule has 0 unspecified atom stereocenters. The lowest BCUT2D eigenvalue weighted by Crippen LogP contribution is -2.47. The Morgan fingerprint density at radius 3 is 2.62 bits per heavy atom. The van der Waals surface area contributed by atoms with E-state index in [1.54, 1.807) is 26.8 Å². The van der Waals surface area contributed by atoms with Gasteiger partial charge in [-0.3, -0.25) is 9.59 Å². The molecule has 0 fully saturated rings. The molecule has 118 valence electrons. The third-order valence-electron chi connectivity index (χ3n) is 3.52. The fourth-order valence-corrected chi connectivity index (χ4v) is 1.68. The molecule has 1 N–H and O–H groups in total. The van der Waals surface area contributed by atoms with Gasteiger partial charge in [-0.2, -0.15) is 0 Å². The number of hydrogen-bond donors (Lipinski definition) is 1. The predicted octanol–water partition coefficient (Wildman–Crippen LogP) is 1.32. The highest BCUT2D eigenvalue weighted by Crippen LogP contribution is 2.22. The highest BCUT2D eigenvalue weighted by atomic mass is 16.5. The molecule has 0 aliphatic rings. The number of amides is 1. The molecule has 1 atom stereocenters. The van der Waals surface area contributed by atoms with Crippen molar-refractivity contribution in [2.75, 3.05) is 14.2 Å². The van der Waals surface area contributed by atoms with E-state index in [2.05, 4.69) is 10.5 Å². The van der Waals surface area contributed by atoms with Crippen molar-refractivity contribution in [1.29, 1.82) is 0 Å². The van der Waals surface area contributed by atoms with Gasteiger partial charge < -0.3 is 19.3 Å². The number of methoxy groups -OCH3 is 2. The smallest absolute Gasteiger partial charge is 0.313 e. The molecular weight excluding hydrogens is 276 g/mol. The summed E-state index contributed by atoms with van der Waals surface area (Å²) < 4.78 is 14.6. The number of ether oxygens (including phenoxy) is 2. The van der Waals surface area contributed by atoms with Crippen LogP contribution < -0.4 is 10.1 Å². The lowest BCUT2D eigenvalue weighted by molar-refractivity contribution is -0.152. The van der Waals surface area contributed by atoms with Crippen LogP contribution in [-0.2, 0) is 20.7 Å². The van der Waals surface area contributed by atoms with Crippen LogP contribution in [-0.4, -0.2) is 37.3 Å². The summed E-state index contributed by atoms with van der Waals surface area (Å²) in [6.45, 7) is 5.22. The maximum Gasteiger partial charge on any atom is 0.313 e. The average molecular weight is 298 g/mol. The van der Waals surface area contributed by atoms with Gasteiger partial charge in [0.05, 0.1) is 19.6 Å². The molecule has 0 aliphatic heterocycles. The molecule has 1 aromatic rings. The first-order valence-corrected chi connectivity index (χ1v) is 6.68. The summed E-state index contributed by atoms with van der Waals surface area (Å²) in [5, 5.41) is 6.45. The fourth-order valence-electron chi connectivity index (χ4n) is 1.68. The molecule has 0 spiro atoms. The van der Waals surface area contributed by atoms with Gasteiger partial charge in [0.2, 0.25) is 5.91 Å². The minimum Gasteiger partial charge on any atom is -0.479 e. The second kappa shape index (κ2) is 7.10. The van der Waals surface area contributed by atoms with Crippen molar-refractivity contribution in [2.45, 2.75) is 39.7 Å². The molecule has 1 rings (SSSR count). The van der Waals surface area contributed by atoms with E-state index < -0.39 is 5.41 Å². The van der Waals surface area contributed by atoms with Crippen molar-refractivity contribution in [3.63, 3.8) is 0 Å². The van der Waals surface area contributed by atoms with Crippen LogP contribution in [0.3, 0.4) is 0 Å². The molecule has 0 saturated carbocycles. The average Bonchev–Trinajstić information content (AvgIpc) is 2.92. The van der Waals surface area contributed by atoms with E-state index in [0.29, 0.717) is 18.1 Å². The Labute approximate surface area is 124 Å². The van der Waals surface area contributed by atoms with E-state index in [4.69, 9.17) is 14.0 Å². The van der Waals surface area contributed by atoms with Crippen LogP contribution >= 0.6 is 0 Å². The van der Waals surface area contributed by atoms with Crippen molar-refractivity contribution in [2.24, 2.45) is 5.41 Å². The Hall–Kier alpha value is -2.05. The first kappa shape index (κ1) is 17.0. The van der Waals surface area contributed by atoms with Gasteiger partial charge in [-0.25, -0.2) is 0 Å². The monoisotopic (exact) mass is 298 g/mol. The number of nitrogens with zero attached hydrogens (tertiary/aromatic N) is 1. The van der Waals surface area contributed by atoms with Gasteiger partial charge in [-0.1, -0.05) is 0 Å². The third-order valence-corrected chi connectivity index (χ3v) is 3.52. The molecule has 1 amide bonds. The van der Waals surface area contributed by atoms with Crippen LogP contribution in [0.1, 0.15) is 33.0 Å². The lowest BCUT2D eigenvalue weighted by Gasteiger charge is -2.29. The molecule has 0 aromatic carbocycles. The molecule has 7 nitrogen and oxygen atoms in total. The minimum atomic E-state index is -0.792. The number of nitrogens with one attached hydrogen (secondary N) is 1. The topological polar surface area (TPSA) is 90.7 Å². The van der Waals surface area contributed by atoms with E-state index in [-0.39, 0.29) is 24.3 Å². The Bertz CT molecular complexity index is 495. The first-order chi connectivity index (χ1) is 9.81. The first-order valence-electron chi connectivity index (χ1n) is 6.68. The van der Waals surface area contributed by atoms with Gasteiger partial charge >= 0.3 is 5.97 Å². The molecule has 7 heteroatoms. The van der Waals surface area contributed by atoms with E-state index in [9.17, 15) is 9.59 Å². The third kappa shape index (κ3) is 4.47. The van der Waals surface area contributed by atoms with Gasteiger partial charge in [-0.05, 0) is 25.9 Å². The number of esters is 1. The van der Waals surface area contributed by atoms with Gasteiger partial charge in [-0.15, -0.1) is 0 Å². The summed E-state index contributed by atoms with van der Waals surface area (Å²) in [6.07, 6.45) is 0.646. The minimum absolute atomic E-state index is 0.171. The Morgan fingerprint density at radius 2 is 2.10 bits per heavy atom. The predicted molar refractivity (Wildman–Crippen MR) is 74.8 cm³/mol. The number of carbonyl (C=O) groups excluding carboxylic acids is 2. The number of aromatic nitrogens is 1. The number of aryl methyl sites for hydroxylation is 1. The second-order valence-electron chi connectivity index (χ2n) is 5.34. The molecule has 0 radical (unpaired) electrons. The molecule has 21 heavy (non-hydrogen) atoms. The standard InChI is InChI=1S/C14H22N2O5/c1-9(14(2,3)13(18)20-5)15-11(17)7-6-10-8-12(19-4)16-21-10/h8-9H,6-7H2,1-5H3,(H,15,17)/t9-/m0/s1.